The molecule has 1 aliphatic rings. The summed E-state index contributed by atoms with van der Waals surface area (Å²) in [6, 6.07) is 3.71. The standard InChI is InChI=1S/C14H17N3O2/c1-16-7-3-2-4-12(16)13-15-8-11-6-5-10(14(18)19)9-17(11)13/h5-6,8-9,12H,2-4,7H2,1H3,(H,18,19). The van der Waals surface area contributed by atoms with Crippen LogP contribution in [-0.4, -0.2) is 39.0 Å². The minimum atomic E-state index is -0.904. The second kappa shape index (κ2) is 4.66. The van der Waals surface area contributed by atoms with E-state index in [9.17, 15) is 4.79 Å². The fraction of sp³-hybridized carbons (Fsp3) is 0.429. The molecule has 5 heteroatoms. The van der Waals surface area contributed by atoms with Crippen LogP contribution in [0, 0.1) is 0 Å². The number of piperidine rings is 1. The molecule has 1 atom stereocenters. The maximum absolute atomic E-state index is 11.1. The number of carbonyl (C=O) groups is 1. The van der Waals surface area contributed by atoms with Crippen LogP contribution in [-0.2, 0) is 0 Å². The molecule has 0 spiro atoms. The zero-order valence-electron chi connectivity index (χ0n) is 10.9. The van der Waals surface area contributed by atoms with E-state index in [0.717, 1.165) is 24.3 Å². The largest absolute Gasteiger partial charge is 0.478 e. The van der Waals surface area contributed by atoms with Crippen molar-refractivity contribution >= 4 is 11.5 Å². The van der Waals surface area contributed by atoms with Crippen molar-refractivity contribution in [2.75, 3.05) is 13.6 Å². The van der Waals surface area contributed by atoms with Crippen LogP contribution in [0.3, 0.4) is 0 Å². The zero-order chi connectivity index (χ0) is 13.4. The Hall–Kier alpha value is -1.88. The van der Waals surface area contributed by atoms with Crippen LogP contribution >= 0.6 is 0 Å². The SMILES string of the molecule is CN1CCCCC1c1ncc2ccc(C(=O)O)cn12. The van der Waals surface area contributed by atoms with Crippen molar-refractivity contribution in [2.45, 2.75) is 25.3 Å². The van der Waals surface area contributed by atoms with Gasteiger partial charge in [-0.25, -0.2) is 9.78 Å². The monoisotopic (exact) mass is 259 g/mol. The summed E-state index contributed by atoms with van der Waals surface area (Å²) in [4.78, 5) is 17.9. The lowest BCUT2D eigenvalue weighted by atomic mass is 10.0. The van der Waals surface area contributed by atoms with Crippen molar-refractivity contribution in [3.05, 3.63) is 35.9 Å². The van der Waals surface area contributed by atoms with E-state index < -0.39 is 5.97 Å². The zero-order valence-corrected chi connectivity index (χ0v) is 10.9. The summed E-state index contributed by atoms with van der Waals surface area (Å²) in [5.74, 6) is 0.0406. The third kappa shape index (κ3) is 2.10. The van der Waals surface area contributed by atoms with Crippen LogP contribution < -0.4 is 0 Å². The molecule has 3 rings (SSSR count). The number of aromatic nitrogens is 2. The molecular formula is C14H17N3O2. The molecule has 0 aliphatic carbocycles. The van der Waals surface area contributed by atoms with Crippen molar-refractivity contribution in [1.82, 2.24) is 14.3 Å². The number of imidazole rings is 1. The predicted molar refractivity (Wildman–Crippen MR) is 71.4 cm³/mol. The number of likely N-dealkylation sites (tertiary alicyclic amines) is 1. The lowest BCUT2D eigenvalue weighted by molar-refractivity contribution is 0.0696. The Kier molecular flexibility index (Phi) is 2.98. The van der Waals surface area contributed by atoms with Crippen molar-refractivity contribution in [2.24, 2.45) is 0 Å². The lowest BCUT2D eigenvalue weighted by Gasteiger charge is -2.31. The fourth-order valence-corrected chi connectivity index (χ4v) is 2.78. The molecule has 3 heterocycles. The molecule has 1 fully saturated rings. The van der Waals surface area contributed by atoms with E-state index in [0.29, 0.717) is 5.56 Å². The van der Waals surface area contributed by atoms with E-state index >= 15 is 0 Å². The summed E-state index contributed by atoms with van der Waals surface area (Å²) >= 11 is 0. The number of pyridine rings is 1. The first-order valence-electron chi connectivity index (χ1n) is 6.57. The van der Waals surface area contributed by atoms with Gasteiger partial charge in [-0.3, -0.25) is 4.90 Å². The molecule has 0 radical (unpaired) electrons. The number of carboxylic acids is 1. The number of rotatable bonds is 2. The Morgan fingerprint density at radius 1 is 1.42 bits per heavy atom. The van der Waals surface area contributed by atoms with E-state index in [1.54, 1.807) is 12.3 Å². The molecule has 1 aliphatic heterocycles. The third-order valence-electron chi connectivity index (χ3n) is 3.87. The van der Waals surface area contributed by atoms with Crippen LogP contribution in [0.4, 0.5) is 0 Å². The number of hydrogen-bond acceptors (Lipinski definition) is 3. The normalized spacial score (nSPS) is 20.8. The Morgan fingerprint density at radius 2 is 2.26 bits per heavy atom. The van der Waals surface area contributed by atoms with Crippen molar-refractivity contribution < 1.29 is 9.90 Å². The lowest BCUT2D eigenvalue weighted by Crippen LogP contribution is -2.30. The van der Waals surface area contributed by atoms with Gasteiger partial charge in [0, 0.05) is 6.20 Å². The molecule has 0 amide bonds. The van der Waals surface area contributed by atoms with E-state index in [-0.39, 0.29) is 6.04 Å². The first kappa shape index (κ1) is 12.2. The van der Waals surface area contributed by atoms with Crippen molar-refractivity contribution in [3.8, 4) is 0 Å². The molecule has 100 valence electrons. The Labute approximate surface area is 111 Å². The highest BCUT2D eigenvalue weighted by Gasteiger charge is 2.24. The average molecular weight is 259 g/mol. The van der Waals surface area contributed by atoms with Crippen LogP contribution in [0.2, 0.25) is 0 Å². The highest BCUT2D eigenvalue weighted by atomic mass is 16.4. The van der Waals surface area contributed by atoms with Crippen LogP contribution in [0.25, 0.3) is 5.52 Å². The smallest absolute Gasteiger partial charge is 0.337 e. The Balaban J connectivity index is 2.07. The molecule has 0 saturated carbocycles. The average Bonchev–Trinajstić information content (AvgIpc) is 2.82. The molecule has 5 nitrogen and oxygen atoms in total. The maximum Gasteiger partial charge on any atom is 0.337 e. The van der Waals surface area contributed by atoms with Gasteiger partial charge in [0.25, 0.3) is 0 Å². The van der Waals surface area contributed by atoms with E-state index in [2.05, 4.69) is 16.9 Å². The minimum Gasteiger partial charge on any atom is -0.478 e. The van der Waals surface area contributed by atoms with E-state index in [1.807, 2.05) is 16.7 Å². The number of fused-ring (bicyclic) bond motifs is 1. The van der Waals surface area contributed by atoms with Gasteiger partial charge in [0.15, 0.2) is 0 Å². The summed E-state index contributed by atoms with van der Waals surface area (Å²) in [5, 5.41) is 9.09. The van der Waals surface area contributed by atoms with Gasteiger partial charge in [-0.1, -0.05) is 6.42 Å². The van der Waals surface area contributed by atoms with Crippen LogP contribution in [0.5, 0.6) is 0 Å². The van der Waals surface area contributed by atoms with Gasteiger partial charge in [0.2, 0.25) is 0 Å². The topological polar surface area (TPSA) is 57.8 Å². The molecule has 0 bridgehead atoms. The highest BCUT2D eigenvalue weighted by molar-refractivity contribution is 5.87. The summed E-state index contributed by atoms with van der Waals surface area (Å²) in [6.45, 7) is 1.07. The number of nitrogens with zero attached hydrogens (tertiary/aromatic N) is 3. The molecule has 1 unspecified atom stereocenters. The van der Waals surface area contributed by atoms with Gasteiger partial charge in [0.1, 0.15) is 5.82 Å². The second-order valence-electron chi connectivity index (χ2n) is 5.13. The summed E-state index contributed by atoms with van der Waals surface area (Å²) in [5.41, 5.74) is 1.24. The van der Waals surface area contributed by atoms with Crippen LogP contribution in [0.1, 0.15) is 41.5 Å². The Morgan fingerprint density at radius 3 is 3.00 bits per heavy atom. The first-order valence-corrected chi connectivity index (χ1v) is 6.57. The van der Waals surface area contributed by atoms with E-state index in [4.69, 9.17) is 5.11 Å². The van der Waals surface area contributed by atoms with E-state index in [1.165, 1.54) is 12.8 Å². The van der Waals surface area contributed by atoms with Gasteiger partial charge in [-0.2, -0.15) is 0 Å². The second-order valence-corrected chi connectivity index (χ2v) is 5.13. The molecule has 1 saturated heterocycles. The first-order chi connectivity index (χ1) is 9.16. The summed E-state index contributed by atoms with van der Waals surface area (Å²) in [7, 11) is 2.10. The number of aromatic carboxylic acids is 1. The van der Waals surface area contributed by atoms with Gasteiger partial charge in [-0.05, 0) is 38.6 Å². The molecule has 1 N–H and O–H groups in total. The predicted octanol–water partition coefficient (Wildman–Crippen LogP) is 2.19. The van der Waals surface area contributed by atoms with Crippen molar-refractivity contribution in [3.63, 3.8) is 0 Å². The van der Waals surface area contributed by atoms with Gasteiger partial charge < -0.3 is 9.51 Å². The molecule has 19 heavy (non-hydrogen) atoms. The Bertz CT molecular complexity index is 620. The molecule has 2 aromatic rings. The molecule has 2 aromatic heterocycles. The minimum absolute atomic E-state index is 0.278. The van der Waals surface area contributed by atoms with Gasteiger partial charge in [-0.15, -0.1) is 0 Å². The number of hydrogen-bond donors (Lipinski definition) is 1. The third-order valence-corrected chi connectivity index (χ3v) is 3.87. The van der Waals surface area contributed by atoms with Gasteiger partial charge in [0.05, 0.1) is 23.3 Å². The van der Waals surface area contributed by atoms with Crippen molar-refractivity contribution in [1.29, 1.82) is 0 Å². The number of carboxylic acid groups (broad SMARTS) is 1. The molecular weight excluding hydrogens is 242 g/mol. The van der Waals surface area contributed by atoms with Crippen LogP contribution in [0.15, 0.2) is 24.5 Å². The van der Waals surface area contributed by atoms with Gasteiger partial charge >= 0.3 is 5.97 Å². The fourth-order valence-electron chi connectivity index (χ4n) is 2.78. The highest BCUT2D eigenvalue weighted by Crippen LogP contribution is 2.29. The quantitative estimate of drug-likeness (QED) is 0.898. The maximum atomic E-state index is 11.1. The molecule has 0 aromatic carbocycles. The summed E-state index contributed by atoms with van der Waals surface area (Å²) in [6.07, 6.45) is 6.97. The summed E-state index contributed by atoms with van der Waals surface area (Å²) < 4.78 is 1.91.